The largest absolute Gasteiger partial charge is 0.388 e. The van der Waals surface area contributed by atoms with Gasteiger partial charge in [-0.3, -0.25) is 4.90 Å². The predicted octanol–water partition coefficient (Wildman–Crippen LogP) is 1.39. The fourth-order valence-electron chi connectivity index (χ4n) is 3.27. The van der Waals surface area contributed by atoms with Crippen molar-refractivity contribution in [1.29, 1.82) is 0 Å². The van der Waals surface area contributed by atoms with E-state index in [1.54, 1.807) is 0 Å². The molecule has 1 saturated carbocycles. The van der Waals surface area contributed by atoms with Crippen molar-refractivity contribution in [3.63, 3.8) is 0 Å². The zero-order chi connectivity index (χ0) is 8.89. The summed E-state index contributed by atoms with van der Waals surface area (Å²) in [4.78, 5) is 2.50. The molecule has 2 heterocycles. The first-order chi connectivity index (χ1) is 6.28. The highest BCUT2D eigenvalue weighted by Crippen LogP contribution is 2.45. The van der Waals surface area contributed by atoms with Crippen LogP contribution in [0.2, 0.25) is 0 Å². The van der Waals surface area contributed by atoms with Crippen molar-refractivity contribution in [3.05, 3.63) is 0 Å². The molecule has 3 rings (SSSR count). The normalized spacial score (nSPS) is 45.5. The summed E-state index contributed by atoms with van der Waals surface area (Å²) >= 11 is 0. The molecule has 2 heteroatoms. The first-order valence-corrected chi connectivity index (χ1v) is 5.74. The van der Waals surface area contributed by atoms with Gasteiger partial charge in [0.2, 0.25) is 0 Å². The highest BCUT2D eigenvalue weighted by molar-refractivity contribution is 5.04. The zero-order valence-electron chi connectivity index (χ0n) is 8.21. The Labute approximate surface area is 79.9 Å². The lowest BCUT2D eigenvalue weighted by Gasteiger charge is -2.29. The number of aliphatic hydroxyl groups is 1. The van der Waals surface area contributed by atoms with Crippen LogP contribution in [0.25, 0.3) is 0 Å². The molecule has 0 aromatic rings. The van der Waals surface area contributed by atoms with E-state index in [0.29, 0.717) is 6.04 Å². The minimum Gasteiger partial charge on any atom is -0.388 e. The van der Waals surface area contributed by atoms with E-state index in [9.17, 15) is 5.11 Å². The third-order valence-electron chi connectivity index (χ3n) is 4.15. The molecule has 13 heavy (non-hydrogen) atoms. The molecule has 2 unspecified atom stereocenters. The van der Waals surface area contributed by atoms with E-state index in [-0.39, 0.29) is 5.60 Å². The third kappa shape index (κ3) is 1.31. The standard InChI is InChI=1S/C11H19NO/c13-11(8-9-3-4-9)5-7-12-6-1-2-10(11)12/h9-10,13H,1-8H2. The van der Waals surface area contributed by atoms with Crippen molar-refractivity contribution in [1.82, 2.24) is 4.90 Å². The summed E-state index contributed by atoms with van der Waals surface area (Å²) in [5.74, 6) is 0.866. The van der Waals surface area contributed by atoms with Crippen LogP contribution in [0.3, 0.4) is 0 Å². The summed E-state index contributed by atoms with van der Waals surface area (Å²) < 4.78 is 0. The molecule has 0 bridgehead atoms. The Morgan fingerprint density at radius 2 is 2.08 bits per heavy atom. The molecule has 0 aromatic heterocycles. The first kappa shape index (κ1) is 8.25. The Morgan fingerprint density at radius 1 is 1.23 bits per heavy atom. The van der Waals surface area contributed by atoms with Crippen molar-refractivity contribution in [2.75, 3.05) is 13.1 Å². The molecule has 3 fully saturated rings. The van der Waals surface area contributed by atoms with Crippen molar-refractivity contribution in [2.45, 2.75) is 50.2 Å². The van der Waals surface area contributed by atoms with E-state index in [1.165, 1.54) is 32.2 Å². The van der Waals surface area contributed by atoms with E-state index in [4.69, 9.17) is 0 Å². The molecule has 1 N–H and O–H groups in total. The summed E-state index contributed by atoms with van der Waals surface area (Å²) in [7, 11) is 0. The third-order valence-corrected chi connectivity index (χ3v) is 4.15. The average molecular weight is 181 g/mol. The van der Waals surface area contributed by atoms with Gasteiger partial charge in [0, 0.05) is 12.6 Å². The Morgan fingerprint density at radius 3 is 2.85 bits per heavy atom. The van der Waals surface area contributed by atoms with E-state index < -0.39 is 0 Å². The Balaban J connectivity index is 1.73. The monoisotopic (exact) mass is 181 g/mol. The Bertz CT molecular complexity index is 214. The zero-order valence-corrected chi connectivity index (χ0v) is 8.21. The van der Waals surface area contributed by atoms with Crippen LogP contribution in [0.1, 0.15) is 38.5 Å². The van der Waals surface area contributed by atoms with Gasteiger partial charge >= 0.3 is 0 Å². The average Bonchev–Trinajstić information content (AvgIpc) is 2.66. The number of hydrogen-bond acceptors (Lipinski definition) is 2. The predicted molar refractivity (Wildman–Crippen MR) is 51.5 cm³/mol. The molecular weight excluding hydrogens is 162 g/mol. The second-order valence-electron chi connectivity index (χ2n) is 5.20. The van der Waals surface area contributed by atoms with E-state index in [2.05, 4.69) is 4.90 Å². The molecule has 0 aromatic carbocycles. The summed E-state index contributed by atoms with van der Waals surface area (Å²) in [6.07, 6.45) is 7.41. The second kappa shape index (κ2) is 2.71. The maximum atomic E-state index is 10.5. The van der Waals surface area contributed by atoms with Crippen molar-refractivity contribution in [2.24, 2.45) is 5.92 Å². The van der Waals surface area contributed by atoms with Gasteiger partial charge < -0.3 is 5.11 Å². The van der Waals surface area contributed by atoms with Gasteiger partial charge in [0.1, 0.15) is 0 Å². The molecule has 74 valence electrons. The summed E-state index contributed by atoms with van der Waals surface area (Å²) in [5.41, 5.74) is -0.294. The van der Waals surface area contributed by atoms with Gasteiger partial charge in [-0.05, 0) is 38.1 Å². The van der Waals surface area contributed by atoms with Crippen LogP contribution in [0.5, 0.6) is 0 Å². The highest BCUT2D eigenvalue weighted by atomic mass is 16.3. The van der Waals surface area contributed by atoms with Crippen molar-refractivity contribution >= 4 is 0 Å². The van der Waals surface area contributed by atoms with E-state index in [1.807, 2.05) is 0 Å². The van der Waals surface area contributed by atoms with Crippen LogP contribution in [-0.4, -0.2) is 34.7 Å². The summed E-state index contributed by atoms with van der Waals surface area (Å²) in [6.45, 7) is 2.38. The number of fused-ring (bicyclic) bond motifs is 1. The van der Waals surface area contributed by atoms with Crippen molar-refractivity contribution in [3.8, 4) is 0 Å². The number of rotatable bonds is 2. The van der Waals surface area contributed by atoms with Gasteiger partial charge in [-0.25, -0.2) is 0 Å². The molecule has 0 spiro atoms. The van der Waals surface area contributed by atoms with Crippen molar-refractivity contribution < 1.29 is 5.11 Å². The molecule has 2 saturated heterocycles. The molecule has 1 aliphatic carbocycles. The first-order valence-electron chi connectivity index (χ1n) is 5.74. The fraction of sp³-hybridized carbons (Fsp3) is 1.00. The lowest BCUT2D eigenvalue weighted by atomic mass is 9.87. The smallest absolute Gasteiger partial charge is 0.0817 e. The molecule has 0 radical (unpaired) electrons. The topological polar surface area (TPSA) is 23.5 Å². The van der Waals surface area contributed by atoms with Gasteiger partial charge in [0.05, 0.1) is 5.60 Å². The van der Waals surface area contributed by atoms with E-state index >= 15 is 0 Å². The molecule has 2 nitrogen and oxygen atoms in total. The Hall–Kier alpha value is -0.0800. The maximum Gasteiger partial charge on any atom is 0.0817 e. The fourth-order valence-corrected chi connectivity index (χ4v) is 3.27. The minimum atomic E-state index is -0.294. The Kier molecular flexibility index (Phi) is 1.72. The van der Waals surface area contributed by atoms with Crippen LogP contribution in [-0.2, 0) is 0 Å². The summed E-state index contributed by atoms with van der Waals surface area (Å²) in [6, 6.07) is 0.521. The second-order valence-corrected chi connectivity index (χ2v) is 5.20. The molecular formula is C11H19NO. The van der Waals surface area contributed by atoms with Gasteiger partial charge in [-0.2, -0.15) is 0 Å². The minimum absolute atomic E-state index is 0.294. The molecule has 3 aliphatic rings. The maximum absolute atomic E-state index is 10.5. The summed E-state index contributed by atoms with van der Waals surface area (Å²) in [5, 5.41) is 10.5. The lowest BCUT2D eigenvalue weighted by molar-refractivity contribution is 0.000959. The van der Waals surface area contributed by atoms with Crippen LogP contribution in [0, 0.1) is 5.92 Å². The van der Waals surface area contributed by atoms with Gasteiger partial charge in [0.15, 0.2) is 0 Å². The van der Waals surface area contributed by atoms with Crippen LogP contribution >= 0.6 is 0 Å². The quantitative estimate of drug-likeness (QED) is 0.696. The van der Waals surface area contributed by atoms with Gasteiger partial charge in [0.25, 0.3) is 0 Å². The van der Waals surface area contributed by atoms with E-state index in [0.717, 1.165) is 25.3 Å². The molecule has 2 atom stereocenters. The van der Waals surface area contributed by atoms with Gasteiger partial charge in [-0.15, -0.1) is 0 Å². The van der Waals surface area contributed by atoms with Crippen LogP contribution in [0.15, 0.2) is 0 Å². The molecule has 0 amide bonds. The van der Waals surface area contributed by atoms with Crippen LogP contribution < -0.4 is 0 Å². The highest BCUT2D eigenvalue weighted by Gasteiger charge is 2.49. The number of hydrogen-bond donors (Lipinski definition) is 1. The SMILES string of the molecule is OC1(CC2CC2)CCN2CCCC21. The van der Waals surface area contributed by atoms with Gasteiger partial charge in [-0.1, -0.05) is 12.8 Å². The molecule has 2 aliphatic heterocycles. The van der Waals surface area contributed by atoms with Crippen LogP contribution in [0.4, 0.5) is 0 Å². The number of nitrogens with zero attached hydrogens (tertiary/aromatic N) is 1. The lowest BCUT2D eigenvalue weighted by Crippen LogP contribution is -2.41.